The Morgan fingerprint density at radius 1 is 1.03 bits per heavy atom. The molecule has 31 heavy (non-hydrogen) atoms. The third-order valence-electron chi connectivity index (χ3n) is 5.54. The number of ether oxygens (including phenoxy) is 4. The molecule has 168 valence electrons. The van der Waals surface area contributed by atoms with Crippen LogP contribution < -0.4 is 24.3 Å². The van der Waals surface area contributed by atoms with Crippen molar-refractivity contribution in [3.05, 3.63) is 47.5 Å². The van der Waals surface area contributed by atoms with Crippen molar-refractivity contribution in [1.29, 1.82) is 0 Å². The summed E-state index contributed by atoms with van der Waals surface area (Å²) in [6.07, 6.45) is 3.09. The predicted octanol–water partition coefficient (Wildman–Crippen LogP) is 4.37. The van der Waals surface area contributed by atoms with Crippen LogP contribution in [0.5, 0.6) is 23.0 Å². The molecule has 2 aromatic rings. The highest BCUT2D eigenvalue weighted by Gasteiger charge is 2.31. The first-order chi connectivity index (χ1) is 15.1. The van der Waals surface area contributed by atoms with E-state index in [1.54, 1.807) is 21.3 Å². The molecule has 0 saturated heterocycles. The third kappa shape index (κ3) is 5.53. The molecule has 3 rings (SSSR count). The zero-order valence-corrected chi connectivity index (χ0v) is 19.6. The summed E-state index contributed by atoms with van der Waals surface area (Å²) in [6, 6.07) is 11.7. The molecule has 0 aromatic heterocycles. The number of rotatable bonds is 9. The number of hydrogen-bond donors (Lipinski definition) is 1. The normalized spacial score (nSPS) is 15.1. The molecule has 1 aliphatic rings. The van der Waals surface area contributed by atoms with Crippen molar-refractivity contribution in [2.75, 3.05) is 41.0 Å². The first-order valence-electron chi connectivity index (χ1n) is 10.7. The summed E-state index contributed by atoms with van der Waals surface area (Å²) in [6.45, 7) is 4.32. The lowest BCUT2D eigenvalue weighted by atomic mass is 9.92. The minimum Gasteiger partial charge on any atom is -0.497 e. The Balaban J connectivity index is 1.86. The van der Waals surface area contributed by atoms with Crippen LogP contribution >= 0.6 is 12.2 Å². The summed E-state index contributed by atoms with van der Waals surface area (Å²) in [5.74, 6) is 3.05. The fourth-order valence-corrected chi connectivity index (χ4v) is 4.09. The summed E-state index contributed by atoms with van der Waals surface area (Å²) >= 11 is 5.75. The molecule has 0 bridgehead atoms. The van der Waals surface area contributed by atoms with Crippen LogP contribution in [0, 0.1) is 0 Å². The van der Waals surface area contributed by atoms with Crippen molar-refractivity contribution in [3.63, 3.8) is 0 Å². The van der Waals surface area contributed by atoms with Crippen LogP contribution in [0.25, 0.3) is 0 Å². The van der Waals surface area contributed by atoms with E-state index < -0.39 is 0 Å². The van der Waals surface area contributed by atoms with Gasteiger partial charge in [0.1, 0.15) is 18.1 Å². The Morgan fingerprint density at radius 3 is 2.35 bits per heavy atom. The van der Waals surface area contributed by atoms with Crippen LogP contribution in [0.4, 0.5) is 0 Å². The lowest BCUT2D eigenvalue weighted by Gasteiger charge is -2.39. The number of methoxy groups -OCH3 is 3. The topological polar surface area (TPSA) is 52.2 Å². The average Bonchev–Trinajstić information content (AvgIpc) is 2.81. The molecule has 6 nitrogen and oxygen atoms in total. The predicted molar refractivity (Wildman–Crippen MR) is 127 cm³/mol. The first-order valence-corrected chi connectivity index (χ1v) is 11.1. The quantitative estimate of drug-likeness (QED) is 0.455. The van der Waals surface area contributed by atoms with Crippen LogP contribution in [0.2, 0.25) is 0 Å². The second kappa shape index (κ2) is 11.1. The summed E-state index contributed by atoms with van der Waals surface area (Å²) in [5, 5.41) is 4.17. The Labute approximate surface area is 190 Å². The fourth-order valence-electron chi connectivity index (χ4n) is 3.77. The maximum atomic E-state index is 6.18. The van der Waals surface area contributed by atoms with Crippen molar-refractivity contribution in [2.24, 2.45) is 0 Å². The molecular weight excluding hydrogens is 412 g/mol. The van der Waals surface area contributed by atoms with Gasteiger partial charge in [-0.3, -0.25) is 0 Å². The van der Waals surface area contributed by atoms with E-state index in [-0.39, 0.29) is 6.04 Å². The lowest BCUT2D eigenvalue weighted by molar-refractivity contribution is 0.187. The molecule has 0 spiro atoms. The van der Waals surface area contributed by atoms with Crippen molar-refractivity contribution in [1.82, 2.24) is 10.2 Å². The molecule has 0 unspecified atom stereocenters. The smallest absolute Gasteiger partial charge is 0.169 e. The molecule has 0 amide bonds. The number of fused-ring (bicyclic) bond motifs is 1. The maximum Gasteiger partial charge on any atom is 0.169 e. The zero-order chi connectivity index (χ0) is 22.2. The Bertz CT molecular complexity index is 873. The average molecular weight is 445 g/mol. The van der Waals surface area contributed by atoms with Gasteiger partial charge in [0.05, 0.1) is 27.4 Å². The van der Waals surface area contributed by atoms with Gasteiger partial charge in [0, 0.05) is 13.1 Å². The van der Waals surface area contributed by atoms with Gasteiger partial charge in [-0.1, -0.05) is 13.3 Å². The van der Waals surface area contributed by atoms with Gasteiger partial charge in [0.15, 0.2) is 16.6 Å². The molecular formula is C24H32N2O4S. The third-order valence-corrected chi connectivity index (χ3v) is 5.92. The van der Waals surface area contributed by atoms with E-state index in [4.69, 9.17) is 31.2 Å². The van der Waals surface area contributed by atoms with Gasteiger partial charge in [-0.15, -0.1) is 0 Å². The van der Waals surface area contributed by atoms with E-state index in [9.17, 15) is 0 Å². The Hall–Kier alpha value is -2.67. The Morgan fingerprint density at radius 2 is 1.71 bits per heavy atom. The molecule has 1 aliphatic heterocycles. The standard InChI is InChI=1S/C24H32N2O4S/c1-5-6-12-25-24(31)26-13-11-17-14-22(28-3)23(29-4)15-20(17)21(26)16-30-19-9-7-18(27-2)8-10-19/h7-10,14-15,21H,5-6,11-13,16H2,1-4H3,(H,25,31)/t21-/m1/s1. The summed E-state index contributed by atoms with van der Waals surface area (Å²) < 4.78 is 22.5. The highest BCUT2D eigenvalue weighted by Crippen LogP contribution is 2.38. The highest BCUT2D eigenvalue weighted by atomic mass is 32.1. The van der Waals surface area contributed by atoms with Crippen molar-refractivity contribution in [2.45, 2.75) is 32.2 Å². The first kappa shape index (κ1) is 23.0. The van der Waals surface area contributed by atoms with E-state index in [0.717, 1.165) is 60.3 Å². The van der Waals surface area contributed by atoms with Gasteiger partial charge in [-0.25, -0.2) is 0 Å². The lowest BCUT2D eigenvalue weighted by Crippen LogP contribution is -2.47. The molecule has 1 atom stereocenters. The van der Waals surface area contributed by atoms with Gasteiger partial charge in [0.25, 0.3) is 0 Å². The van der Waals surface area contributed by atoms with Crippen LogP contribution in [-0.4, -0.2) is 51.0 Å². The second-order valence-electron chi connectivity index (χ2n) is 7.44. The number of thiocarbonyl (C=S) groups is 1. The van der Waals surface area contributed by atoms with E-state index in [0.29, 0.717) is 12.4 Å². The van der Waals surface area contributed by atoms with E-state index in [2.05, 4.69) is 29.3 Å². The van der Waals surface area contributed by atoms with E-state index >= 15 is 0 Å². The number of unbranched alkanes of at least 4 members (excludes halogenated alkanes) is 1. The van der Waals surface area contributed by atoms with Crippen molar-refractivity contribution < 1.29 is 18.9 Å². The minimum atomic E-state index is -0.0349. The number of nitrogens with zero attached hydrogens (tertiary/aromatic N) is 1. The van der Waals surface area contributed by atoms with Gasteiger partial charge < -0.3 is 29.2 Å². The van der Waals surface area contributed by atoms with Gasteiger partial charge in [0.2, 0.25) is 0 Å². The molecule has 1 heterocycles. The van der Waals surface area contributed by atoms with Crippen LogP contribution in [0.1, 0.15) is 36.9 Å². The summed E-state index contributed by atoms with van der Waals surface area (Å²) in [4.78, 5) is 2.22. The summed E-state index contributed by atoms with van der Waals surface area (Å²) in [5.41, 5.74) is 2.38. The minimum absolute atomic E-state index is 0.0349. The monoisotopic (exact) mass is 444 g/mol. The second-order valence-corrected chi connectivity index (χ2v) is 7.82. The highest BCUT2D eigenvalue weighted by molar-refractivity contribution is 7.80. The van der Waals surface area contributed by atoms with Gasteiger partial charge >= 0.3 is 0 Å². The van der Waals surface area contributed by atoms with E-state index in [1.165, 1.54) is 5.56 Å². The van der Waals surface area contributed by atoms with Crippen LogP contribution in [-0.2, 0) is 6.42 Å². The molecule has 0 aliphatic carbocycles. The molecule has 2 aromatic carbocycles. The van der Waals surface area contributed by atoms with Gasteiger partial charge in [-0.05, 0) is 72.6 Å². The number of hydrogen-bond acceptors (Lipinski definition) is 5. The molecule has 0 saturated carbocycles. The molecule has 1 N–H and O–H groups in total. The van der Waals surface area contributed by atoms with Crippen LogP contribution in [0.15, 0.2) is 36.4 Å². The molecule has 0 radical (unpaired) electrons. The molecule has 0 fully saturated rings. The van der Waals surface area contributed by atoms with Crippen molar-refractivity contribution >= 4 is 17.3 Å². The zero-order valence-electron chi connectivity index (χ0n) is 18.8. The largest absolute Gasteiger partial charge is 0.497 e. The SMILES string of the molecule is CCCCNC(=S)N1CCc2cc(OC)c(OC)cc2[C@H]1COc1ccc(OC)cc1. The van der Waals surface area contributed by atoms with Gasteiger partial charge in [-0.2, -0.15) is 0 Å². The van der Waals surface area contributed by atoms with Crippen molar-refractivity contribution in [3.8, 4) is 23.0 Å². The number of benzene rings is 2. The fraction of sp³-hybridized carbons (Fsp3) is 0.458. The summed E-state index contributed by atoms with van der Waals surface area (Å²) in [7, 11) is 4.97. The maximum absolute atomic E-state index is 6.18. The van der Waals surface area contributed by atoms with E-state index in [1.807, 2.05) is 24.3 Å². The van der Waals surface area contributed by atoms with Crippen LogP contribution in [0.3, 0.4) is 0 Å². The number of nitrogens with one attached hydrogen (secondary N) is 1. The molecule has 7 heteroatoms. The Kier molecular flexibility index (Phi) is 8.23.